The lowest BCUT2D eigenvalue weighted by Gasteiger charge is -2.24. The first-order valence-corrected chi connectivity index (χ1v) is 8.18. The van der Waals surface area contributed by atoms with Gasteiger partial charge >= 0.3 is 0 Å². The van der Waals surface area contributed by atoms with Gasteiger partial charge in [0.15, 0.2) is 0 Å². The van der Waals surface area contributed by atoms with Crippen LogP contribution in [0.25, 0.3) is 22.5 Å². The van der Waals surface area contributed by atoms with E-state index < -0.39 is 0 Å². The normalized spacial score (nSPS) is 13.5. The lowest BCUT2D eigenvalue weighted by Crippen LogP contribution is -2.24. The summed E-state index contributed by atoms with van der Waals surface area (Å²) in [6, 6.07) is 17.2. The van der Waals surface area contributed by atoms with Crippen LogP contribution in [0.4, 0.5) is 0 Å². The maximum absolute atomic E-state index is 4.58. The van der Waals surface area contributed by atoms with Crippen molar-refractivity contribution in [1.29, 1.82) is 0 Å². The maximum Gasteiger partial charge on any atom is 0.121 e. The van der Waals surface area contributed by atoms with Crippen LogP contribution in [-0.4, -0.2) is 15.0 Å². The van der Waals surface area contributed by atoms with Gasteiger partial charge in [-0.15, -0.1) is 5.10 Å². The minimum Gasteiger partial charge on any atom is -0.239 e. The molecule has 4 rings (SSSR count). The molecule has 1 aliphatic rings. The van der Waals surface area contributed by atoms with Gasteiger partial charge in [-0.05, 0) is 44.7 Å². The van der Waals surface area contributed by atoms with E-state index in [1.165, 1.54) is 22.3 Å². The second-order valence-corrected chi connectivity index (χ2v) is 7.18. The molecule has 0 aliphatic heterocycles. The van der Waals surface area contributed by atoms with Crippen molar-refractivity contribution in [1.82, 2.24) is 15.0 Å². The molecule has 1 heterocycles. The number of hydrogen-bond acceptors (Lipinski definition) is 2. The average Bonchev–Trinajstić information content (AvgIpc) is 2.96. The molecule has 1 aliphatic carbocycles. The van der Waals surface area contributed by atoms with Crippen molar-refractivity contribution >= 4 is 0 Å². The SMILES string of the molecule is CC(C)(C)n1nnc2c1-c1ccccc1CCc1ccccc1-2. The van der Waals surface area contributed by atoms with E-state index in [2.05, 4.69) is 84.3 Å². The molecule has 0 atom stereocenters. The van der Waals surface area contributed by atoms with Crippen LogP contribution in [0.5, 0.6) is 0 Å². The van der Waals surface area contributed by atoms with Crippen molar-refractivity contribution in [2.45, 2.75) is 39.2 Å². The van der Waals surface area contributed by atoms with Crippen molar-refractivity contribution < 1.29 is 0 Å². The van der Waals surface area contributed by atoms with Crippen LogP contribution in [0.3, 0.4) is 0 Å². The Hall–Kier alpha value is -2.42. The molecule has 0 amide bonds. The van der Waals surface area contributed by atoms with Gasteiger partial charge in [-0.25, -0.2) is 4.68 Å². The number of aryl methyl sites for hydroxylation is 2. The van der Waals surface area contributed by atoms with Gasteiger partial charge in [-0.2, -0.15) is 0 Å². The first-order chi connectivity index (χ1) is 11.1. The number of fused-ring (bicyclic) bond motifs is 5. The van der Waals surface area contributed by atoms with E-state index in [4.69, 9.17) is 0 Å². The van der Waals surface area contributed by atoms with Gasteiger partial charge in [0, 0.05) is 11.1 Å². The molecule has 0 unspecified atom stereocenters. The van der Waals surface area contributed by atoms with Gasteiger partial charge in [0.2, 0.25) is 0 Å². The van der Waals surface area contributed by atoms with E-state index in [0.29, 0.717) is 0 Å². The monoisotopic (exact) mass is 303 g/mol. The summed E-state index contributed by atoms with van der Waals surface area (Å²) in [6.07, 6.45) is 2.08. The number of hydrogen-bond donors (Lipinski definition) is 0. The molecule has 0 N–H and O–H groups in total. The summed E-state index contributed by atoms with van der Waals surface area (Å²) in [5.74, 6) is 0. The fourth-order valence-corrected chi connectivity index (χ4v) is 3.38. The molecule has 0 radical (unpaired) electrons. The third-order valence-corrected chi connectivity index (χ3v) is 4.51. The Morgan fingerprint density at radius 2 is 1.39 bits per heavy atom. The van der Waals surface area contributed by atoms with E-state index >= 15 is 0 Å². The fraction of sp³-hybridized carbons (Fsp3) is 0.300. The Kier molecular flexibility index (Phi) is 3.12. The van der Waals surface area contributed by atoms with E-state index in [-0.39, 0.29) is 5.54 Å². The molecule has 0 spiro atoms. The van der Waals surface area contributed by atoms with Gasteiger partial charge in [0.1, 0.15) is 5.69 Å². The number of nitrogens with zero attached hydrogens (tertiary/aromatic N) is 3. The van der Waals surface area contributed by atoms with Crippen LogP contribution < -0.4 is 0 Å². The first kappa shape index (κ1) is 14.2. The van der Waals surface area contributed by atoms with Crippen LogP contribution in [0.1, 0.15) is 31.9 Å². The largest absolute Gasteiger partial charge is 0.239 e. The van der Waals surface area contributed by atoms with Crippen molar-refractivity contribution in [3.8, 4) is 22.5 Å². The van der Waals surface area contributed by atoms with Crippen LogP contribution >= 0.6 is 0 Å². The summed E-state index contributed by atoms with van der Waals surface area (Å²) in [7, 11) is 0. The zero-order chi connectivity index (χ0) is 16.0. The minimum atomic E-state index is -0.109. The Balaban J connectivity index is 2.09. The summed E-state index contributed by atoms with van der Waals surface area (Å²) in [6.45, 7) is 6.53. The van der Waals surface area contributed by atoms with Gasteiger partial charge in [-0.3, -0.25) is 0 Å². The third kappa shape index (κ3) is 2.27. The lowest BCUT2D eigenvalue weighted by molar-refractivity contribution is 0.351. The molecule has 0 fully saturated rings. The minimum absolute atomic E-state index is 0.109. The average molecular weight is 303 g/mol. The highest BCUT2D eigenvalue weighted by molar-refractivity contribution is 5.82. The van der Waals surface area contributed by atoms with Crippen molar-refractivity contribution in [2.75, 3.05) is 0 Å². The number of benzene rings is 2. The fourth-order valence-electron chi connectivity index (χ4n) is 3.38. The summed E-state index contributed by atoms with van der Waals surface area (Å²) < 4.78 is 2.07. The molecule has 2 aromatic carbocycles. The molecule has 3 nitrogen and oxygen atoms in total. The lowest BCUT2D eigenvalue weighted by atomic mass is 9.89. The second kappa shape index (κ2) is 5.05. The Morgan fingerprint density at radius 1 is 0.826 bits per heavy atom. The van der Waals surface area contributed by atoms with Gasteiger partial charge < -0.3 is 0 Å². The summed E-state index contributed by atoms with van der Waals surface area (Å²) in [5, 5.41) is 9.09. The molecule has 1 aromatic heterocycles. The van der Waals surface area contributed by atoms with Crippen LogP contribution in [0.15, 0.2) is 48.5 Å². The zero-order valence-electron chi connectivity index (χ0n) is 13.9. The Labute approximate surface area is 137 Å². The molecular formula is C20H21N3. The van der Waals surface area contributed by atoms with Crippen molar-refractivity contribution in [3.05, 3.63) is 59.7 Å². The zero-order valence-corrected chi connectivity index (χ0v) is 13.9. The molecule has 3 heteroatoms. The summed E-state index contributed by atoms with van der Waals surface area (Å²) in [4.78, 5) is 0. The number of rotatable bonds is 0. The highest BCUT2D eigenvalue weighted by atomic mass is 15.5. The Bertz CT molecular complexity index is 869. The molecular weight excluding hydrogens is 282 g/mol. The number of aromatic nitrogens is 3. The molecule has 3 aromatic rings. The highest BCUT2D eigenvalue weighted by Gasteiger charge is 2.27. The highest BCUT2D eigenvalue weighted by Crippen LogP contribution is 2.39. The van der Waals surface area contributed by atoms with Gasteiger partial charge in [0.05, 0.1) is 11.2 Å². The standard InChI is InChI=1S/C20H21N3/c1-20(2,3)23-19-17-11-7-5-9-15(17)13-12-14-8-4-6-10-16(14)18(19)21-22-23/h4-11H,12-13H2,1-3H3. The van der Waals surface area contributed by atoms with Gasteiger partial charge in [-0.1, -0.05) is 53.7 Å². The molecule has 23 heavy (non-hydrogen) atoms. The second-order valence-electron chi connectivity index (χ2n) is 7.18. The smallest absolute Gasteiger partial charge is 0.121 e. The summed E-state index contributed by atoms with van der Waals surface area (Å²) >= 11 is 0. The van der Waals surface area contributed by atoms with Crippen LogP contribution in [0, 0.1) is 0 Å². The topological polar surface area (TPSA) is 30.7 Å². The quantitative estimate of drug-likeness (QED) is 0.613. The van der Waals surface area contributed by atoms with Crippen LogP contribution in [-0.2, 0) is 18.4 Å². The van der Waals surface area contributed by atoms with Crippen molar-refractivity contribution in [3.63, 3.8) is 0 Å². The molecule has 0 saturated heterocycles. The molecule has 0 saturated carbocycles. The maximum atomic E-state index is 4.58. The van der Waals surface area contributed by atoms with E-state index in [0.717, 1.165) is 24.2 Å². The predicted octanol–water partition coefficient (Wildman–Crippen LogP) is 4.47. The third-order valence-electron chi connectivity index (χ3n) is 4.51. The molecule has 116 valence electrons. The van der Waals surface area contributed by atoms with Crippen LogP contribution in [0.2, 0.25) is 0 Å². The van der Waals surface area contributed by atoms with E-state index in [1.807, 2.05) is 0 Å². The van der Waals surface area contributed by atoms with E-state index in [9.17, 15) is 0 Å². The van der Waals surface area contributed by atoms with E-state index in [1.54, 1.807) is 0 Å². The Morgan fingerprint density at radius 3 is 2.04 bits per heavy atom. The predicted molar refractivity (Wildman–Crippen MR) is 93.3 cm³/mol. The van der Waals surface area contributed by atoms with Gasteiger partial charge in [0.25, 0.3) is 0 Å². The first-order valence-electron chi connectivity index (χ1n) is 8.18. The molecule has 0 bridgehead atoms. The summed E-state index contributed by atoms with van der Waals surface area (Å²) in [5.41, 5.74) is 7.23. The van der Waals surface area contributed by atoms with Crippen molar-refractivity contribution in [2.24, 2.45) is 0 Å².